The smallest absolute Gasteiger partial charge is 0.262 e. The number of nitrogens with one attached hydrogen (secondary N) is 1. The van der Waals surface area contributed by atoms with Crippen molar-refractivity contribution < 1.29 is 28.2 Å². The van der Waals surface area contributed by atoms with Crippen molar-refractivity contribution in [2.45, 2.75) is 4.90 Å². The molecule has 4 rings (SSSR count). The summed E-state index contributed by atoms with van der Waals surface area (Å²) in [5.41, 5.74) is 0.0609. The van der Waals surface area contributed by atoms with Crippen molar-refractivity contribution in [1.82, 2.24) is 0 Å². The van der Waals surface area contributed by atoms with Gasteiger partial charge in [-0.2, -0.15) is 0 Å². The van der Waals surface area contributed by atoms with Crippen LogP contribution in [0, 0.1) is 0 Å². The van der Waals surface area contributed by atoms with Crippen LogP contribution in [0.5, 0.6) is 11.5 Å². The third-order valence-corrected chi connectivity index (χ3v) is 6.45. The Kier molecular flexibility index (Phi) is 4.70. The van der Waals surface area contributed by atoms with E-state index in [2.05, 4.69) is 4.72 Å². The predicted molar refractivity (Wildman–Crippen MR) is 115 cm³/mol. The van der Waals surface area contributed by atoms with Crippen molar-refractivity contribution in [3.05, 3.63) is 76.9 Å². The molecule has 0 aliphatic heterocycles. The largest absolute Gasteiger partial charge is 0.504 e. The van der Waals surface area contributed by atoms with Crippen LogP contribution < -0.4 is 9.62 Å². The molecule has 158 valence electrons. The number of sulfonamides is 1. The van der Waals surface area contributed by atoms with Crippen molar-refractivity contribution in [2.24, 2.45) is 0 Å². The first-order chi connectivity index (χ1) is 14.6. The lowest BCUT2D eigenvalue weighted by Crippen LogP contribution is -2.22. The Balaban J connectivity index is 1.78. The maximum atomic E-state index is 12.9. The van der Waals surface area contributed by atoms with Gasteiger partial charge in [0.2, 0.25) is 0 Å². The minimum absolute atomic E-state index is 0.0811. The van der Waals surface area contributed by atoms with Crippen LogP contribution in [0.15, 0.2) is 59.5 Å². The van der Waals surface area contributed by atoms with Crippen LogP contribution in [-0.2, 0) is 10.0 Å². The molecule has 3 aromatic rings. The fraction of sp³-hybridized carbons (Fsp3) is 0.0909. The van der Waals surface area contributed by atoms with Crippen LogP contribution in [0.4, 0.5) is 11.4 Å². The van der Waals surface area contributed by atoms with Gasteiger partial charge in [0.05, 0.1) is 16.1 Å². The summed E-state index contributed by atoms with van der Waals surface area (Å²) in [5, 5.41) is 20.8. The maximum absolute atomic E-state index is 12.9. The minimum atomic E-state index is -4.15. The summed E-state index contributed by atoms with van der Waals surface area (Å²) >= 11 is 0. The van der Waals surface area contributed by atoms with Crippen LogP contribution in [0.25, 0.3) is 0 Å². The molecule has 0 bridgehead atoms. The van der Waals surface area contributed by atoms with Gasteiger partial charge in [-0.25, -0.2) is 8.42 Å². The van der Waals surface area contributed by atoms with E-state index >= 15 is 0 Å². The molecule has 1 aliphatic rings. The van der Waals surface area contributed by atoms with Crippen molar-refractivity contribution in [2.75, 3.05) is 23.7 Å². The molecule has 8 nitrogen and oxygen atoms in total. The molecule has 3 N–H and O–H groups in total. The van der Waals surface area contributed by atoms with Gasteiger partial charge in [0.25, 0.3) is 10.0 Å². The standard InChI is InChI=1S/C22H18N2O6S/c1-24(2)12-7-9-13(10-8-12)31(29,30)23-17-11-16-18(22(28)21(17)27)20(26)15-6-4-3-5-14(15)19(16)25/h3-11,23,27-28H,1-2H3. The molecule has 0 heterocycles. The molecule has 1 aliphatic carbocycles. The Hall–Kier alpha value is -3.85. The molecule has 0 spiro atoms. The second-order valence-electron chi connectivity index (χ2n) is 7.24. The van der Waals surface area contributed by atoms with Gasteiger partial charge < -0.3 is 15.1 Å². The van der Waals surface area contributed by atoms with Gasteiger partial charge >= 0.3 is 0 Å². The molecular formula is C22H18N2O6S. The summed E-state index contributed by atoms with van der Waals surface area (Å²) in [6.07, 6.45) is 0. The lowest BCUT2D eigenvalue weighted by molar-refractivity contribution is 0.0976. The first-order valence-electron chi connectivity index (χ1n) is 9.19. The molecule has 9 heteroatoms. The predicted octanol–water partition coefficient (Wildman–Crippen LogP) is 2.74. The van der Waals surface area contributed by atoms with Crippen LogP contribution in [0.1, 0.15) is 31.8 Å². The van der Waals surface area contributed by atoms with E-state index in [1.54, 1.807) is 29.2 Å². The molecule has 0 saturated carbocycles. The molecule has 0 amide bonds. The van der Waals surface area contributed by atoms with Crippen molar-refractivity contribution >= 4 is 33.0 Å². The Labute approximate surface area is 178 Å². The number of anilines is 2. The lowest BCUT2D eigenvalue weighted by Gasteiger charge is -2.21. The van der Waals surface area contributed by atoms with Crippen LogP contribution in [-0.4, -0.2) is 44.3 Å². The normalized spacial score (nSPS) is 12.8. The van der Waals surface area contributed by atoms with E-state index in [0.717, 1.165) is 11.8 Å². The zero-order chi connectivity index (χ0) is 22.5. The number of benzene rings is 3. The molecule has 0 radical (unpaired) electrons. The van der Waals surface area contributed by atoms with Gasteiger partial charge in [-0.05, 0) is 30.3 Å². The van der Waals surface area contributed by atoms with E-state index in [1.807, 2.05) is 14.1 Å². The molecular weight excluding hydrogens is 420 g/mol. The second kappa shape index (κ2) is 7.13. The average molecular weight is 438 g/mol. The zero-order valence-electron chi connectivity index (χ0n) is 16.6. The molecule has 31 heavy (non-hydrogen) atoms. The van der Waals surface area contributed by atoms with Crippen LogP contribution in [0.2, 0.25) is 0 Å². The van der Waals surface area contributed by atoms with Gasteiger partial charge in [0, 0.05) is 36.5 Å². The number of fused-ring (bicyclic) bond motifs is 2. The molecule has 0 aromatic heterocycles. The van der Waals surface area contributed by atoms with Gasteiger partial charge in [0.15, 0.2) is 23.1 Å². The van der Waals surface area contributed by atoms with E-state index < -0.39 is 38.8 Å². The van der Waals surface area contributed by atoms with Crippen LogP contribution in [0.3, 0.4) is 0 Å². The van der Waals surface area contributed by atoms with E-state index in [0.29, 0.717) is 0 Å². The van der Waals surface area contributed by atoms with Gasteiger partial charge in [0.1, 0.15) is 0 Å². The number of carbonyl (C=O) groups excluding carboxylic acids is 2. The Bertz CT molecular complexity index is 1350. The molecule has 0 unspecified atom stereocenters. The van der Waals surface area contributed by atoms with E-state index in [4.69, 9.17) is 0 Å². The summed E-state index contributed by atoms with van der Waals surface area (Å²) in [6.45, 7) is 0. The number of rotatable bonds is 4. The zero-order valence-corrected chi connectivity index (χ0v) is 17.4. The van der Waals surface area contributed by atoms with Crippen LogP contribution >= 0.6 is 0 Å². The highest BCUT2D eigenvalue weighted by Gasteiger charge is 2.35. The molecule has 0 saturated heterocycles. The summed E-state index contributed by atoms with van der Waals surface area (Å²) in [7, 11) is -0.526. The Morgan fingerprint density at radius 3 is 1.97 bits per heavy atom. The summed E-state index contributed by atoms with van der Waals surface area (Å²) in [6, 6.07) is 13.1. The fourth-order valence-corrected chi connectivity index (χ4v) is 4.49. The number of phenolic OH excluding ortho intramolecular Hbond substituents is 2. The molecule has 0 atom stereocenters. The van der Waals surface area contributed by atoms with Crippen molar-refractivity contribution in [1.29, 1.82) is 0 Å². The number of carbonyl (C=O) groups is 2. The Morgan fingerprint density at radius 1 is 0.806 bits per heavy atom. The number of aromatic hydroxyl groups is 2. The van der Waals surface area contributed by atoms with E-state index in [-0.39, 0.29) is 27.1 Å². The quantitative estimate of drug-likeness (QED) is 0.419. The minimum Gasteiger partial charge on any atom is -0.504 e. The highest BCUT2D eigenvalue weighted by atomic mass is 32.2. The number of phenols is 2. The second-order valence-corrected chi connectivity index (χ2v) is 8.92. The SMILES string of the molecule is CN(C)c1ccc(S(=O)(=O)Nc2cc3c(c(O)c2O)C(=O)c2ccccc2C3=O)cc1. The summed E-state index contributed by atoms with van der Waals surface area (Å²) in [5.74, 6) is -2.89. The third kappa shape index (κ3) is 3.28. The molecule has 0 fully saturated rings. The van der Waals surface area contributed by atoms with E-state index in [1.165, 1.54) is 24.3 Å². The monoisotopic (exact) mass is 438 g/mol. The van der Waals surface area contributed by atoms with Gasteiger partial charge in [-0.1, -0.05) is 24.3 Å². The number of hydrogen-bond donors (Lipinski definition) is 3. The number of ketones is 2. The molecule has 3 aromatic carbocycles. The van der Waals surface area contributed by atoms with Gasteiger partial charge in [-0.3, -0.25) is 14.3 Å². The third-order valence-electron chi connectivity index (χ3n) is 5.07. The maximum Gasteiger partial charge on any atom is 0.262 e. The highest BCUT2D eigenvalue weighted by molar-refractivity contribution is 7.92. The topological polar surface area (TPSA) is 124 Å². The first-order valence-corrected chi connectivity index (χ1v) is 10.7. The van der Waals surface area contributed by atoms with Crippen molar-refractivity contribution in [3.8, 4) is 11.5 Å². The van der Waals surface area contributed by atoms with E-state index in [9.17, 15) is 28.2 Å². The number of nitrogens with zero attached hydrogens (tertiary/aromatic N) is 1. The highest BCUT2D eigenvalue weighted by Crippen LogP contribution is 2.43. The number of hydrogen-bond acceptors (Lipinski definition) is 7. The summed E-state index contributed by atoms with van der Waals surface area (Å²) < 4.78 is 27.8. The van der Waals surface area contributed by atoms with Gasteiger partial charge in [-0.15, -0.1) is 0 Å². The summed E-state index contributed by atoms with van der Waals surface area (Å²) in [4.78, 5) is 27.4. The lowest BCUT2D eigenvalue weighted by atomic mass is 9.83. The Morgan fingerprint density at radius 2 is 1.39 bits per heavy atom. The van der Waals surface area contributed by atoms with Crippen molar-refractivity contribution in [3.63, 3.8) is 0 Å². The fourth-order valence-electron chi connectivity index (χ4n) is 3.43. The average Bonchev–Trinajstić information content (AvgIpc) is 2.75. The first kappa shape index (κ1) is 20.4.